The minimum atomic E-state index is -1.32. The third-order valence-electron chi connectivity index (χ3n) is 2.58. The molecule has 4 N–H and O–H groups in total. The highest BCUT2D eigenvalue weighted by atomic mass is 16.4. The van der Waals surface area contributed by atoms with Crippen molar-refractivity contribution < 1.29 is 34.8 Å². The molecule has 8 heteroatoms. The largest absolute Gasteiger partial charge is 0.548 e. The number of nitrogens with zero attached hydrogens (tertiary/aromatic N) is 2. The summed E-state index contributed by atoms with van der Waals surface area (Å²) in [7, 11) is 8.50. The van der Waals surface area contributed by atoms with E-state index < -0.39 is 37.4 Å². The van der Waals surface area contributed by atoms with Crippen LogP contribution in [0.2, 0.25) is 0 Å². The van der Waals surface area contributed by atoms with E-state index in [-0.39, 0.29) is 19.0 Å². The molecule has 140 valence electrons. The first-order valence-corrected chi connectivity index (χ1v) is 7.65. The fourth-order valence-corrected chi connectivity index (χ4v) is 1.80. The van der Waals surface area contributed by atoms with E-state index in [0.29, 0.717) is 0 Å². The molecule has 0 aliphatic heterocycles. The lowest BCUT2D eigenvalue weighted by Gasteiger charge is -2.36. The van der Waals surface area contributed by atoms with Crippen LogP contribution < -0.4 is 5.11 Å². The van der Waals surface area contributed by atoms with Crippen LogP contribution in [0.1, 0.15) is 13.8 Å². The third-order valence-corrected chi connectivity index (χ3v) is 2.58. The number of hydrogen-bond donors (Lipinski definition) is 4. The maximum absolute atomic E-state index is 11.1. The van der Waals surface area contributed by atoms with Gasteiger partial charge in [0.25, 0.3) is 0 Å². The van der Waals surface area contributed by atoms with Crippen molar-refractivity contribution in [2.24, 2.45) is 5.92 Å². The molecule has 0 radical (unpaired) electrons. The summed E-state index contributed by atoms with van der Waals surface area (Å²) in [5, 5.41) is 47.4. The van der Waals surface area contributed by atoms with Crippen LogP contribution in [0.15, 0.2) is 0 Å². The molecule has 0 aromatic rings. The first kappa shape index (κ1) is 24.5. The Kier molecular flexibility index (Phi) is 12.5. The second-order valence-corrected chi connectivity index (χ2v) is 7.32. The van der Waals surface area contributed by atoms with Crippen molar-refractivity contribution in [2.45, 2.75) is 32.1 Å². The van der Waals surface area contributed by atoms with E-state index in [0.717, 1.165) is 4.48 Å². The van der Waals surface area contributed by atoms with Crippen LogP contribution >= 0.6 is 0 Å². The molecule has 3 unspecified atom stereocenters. The van der Waals surface area contributed by atoms with E-state index in [1.165, 1.54) is 4.90 Å². The van der Waals surface area contributed by atoms with Crippen LogP contribution in [0.4, 0.5) is 0 Å². The van der Waals surface area contributed by atoms with Gasteiger partial charge in [-0.25, -0.2) is 0 Å². The van der Waals surface area contributed by atoms with Gasteiger partial charge in [0.05, 0.1) is 65.6 Å². The number of hydrogen-bond acceptors (Lipinski definition) is 7. The molecular weight excluding hydrogens is 304 g/mol. The summed E-state index contributed by atoms with van der Waals surface area (Å²) >= 11 is 0. The second-order valence-electron chi connectivity index (χ2n) is 7.32. The molecule has 0 aliphatic carbocycles. The molecule has 0 rings (SSSR count). The Hall–Kier alpha value is -0.770. The summed E-state index contributed by atoms with van der Waals surface area (Å²) in [6.07, 6.45) is -2.23. The monoisotopic (exact) mass is 338 g/mol. The smallest absolute Gasteiger partial charge is 0.0897 e. The van der Waals surface area contributed by atoms with E-state index in [9.17, 15) is 20.1 Å². The number of aliphatic hydroxyl groups is 4. The van der Waals surface area contributed by atoms with Crippen molar-refractivity contribution in [1.82, 2.24) is 4.90 Å². The van der Waals surface area contributed by atoms with Gasteiger partial charge in [0.2, 0.25) is 0 Å². The van der Waals surface area contributed by atoms with Crippen molar-refractivity contribution in [1.29, 1.82) is 0 Å². The fraction of sp³-hybridized carbons (Fsp3) is 0.933. The van der Waals surface area contributed by atoms with E-state index >= 15 is 0 Å². The molecule has 0 spiro atoms. The number of rotatable bonds is 9. The summed E-state index contributed by atoms with van der Waals surface area (Å²) in [5.74, 6) is -1.62. The Bertz CT molecular complexity index is 302. The number of quaternary nitrogens is 1. The quantitative estimate of drug-likeness (QED) is 0.332. The zero-order valence-corrected chi connectivity index (χ0v) is 15.1. The topological polar surface area (TPSA) is 124 Å². The number of aliphatic hydroxyl groups excluding tert-OH is 4. The highest BCUT2D eigenvalue weighted by molar-refractivity contribution is 5.71. The second kappa shape index (κ2) is 11.7. The Balaban J connectivity index is 0. The molecule has 0 saturated carbocycles. The highest BCUT2D eigenvalue weighted by Crippen LogP contribution is 2.12. The van der Waals surface area contributed by atoms with Crippen LogP contribution in [-0.4, -0.2) is 109 Å². The minimum absolute atomic E-state index is 0.121. The van der Waals surface area contributed by atoms with Gasteiger partial charge in [-0.2, -0.15) is 0 Å². The third kappa shape index (κ3) is 14.5. The zero-order valence-electron chi connectivity index (χ0n) is 15.1. The molecule has 0 fully saturated rings. The molecule has 8 nitrogen and oxygen atoms in total. The summed E-state index contributed by atoms with van der Waals surface area (Å²) in [5.41, 5.74) is 0. The van der Waals surface area contributed by atoms with E-state index in [2.05, 4.69) is 28.2 Å². The van der Waals surface area contributed by atoms with Crippen LogP contribution in [0, 0.1) is 5.92 Å². The Morgan fingerprint density at radius 1 is 1.00 bits per heavy atom. The van der Waals surface area contributed by atoms with E-state index in [4.69, 9.17) is 10.2 Å². The number of carboxylic acids is 1. The maximum Gasteiger partial charge on any atom is 0.0897 e. The number of carbonyl (C=O) groups is 1. The molecule has 0 heterocycles. The van der Waals surface area contributed by atoms with Gasteiger partial charge in [-0.3, -0.25) is 4.90 Å². The van der Waals surface area contributed by atoms with Gasteiger partial charge in [-0.1, -0.05) is 13.8 Å². The van der Waals surface area contributed by atoms with Crippen LogP contribution in [0.5, 0.6) is 0 Å². The average molecular weight is 338 g/mol. The summed E-state index contributed by atoms with van der Waals surface area (Å²) in [6, 6.07) is -1.01. The van der Waals surface area contributed by atoms with Gasteiger partial charge in [0.15, 0.2) is 0 Å². The normalized spacial score (nSPS) is 15.8. The first-order chi connectivity index (χ1) is 10.3. The summed E-state index contributed by atoms with van der Waals surface area (Å²) in [6.45, 7) is 2.08. The van der Waals surface area contributed by atoms with Crippen LogP contribution in [-0.2, 0) is 4.79 Å². The van der Waals surface area contributed by atoms with Crippen molar-refractivity contribution in [3.63, 3.8) is 0 Å². The molecule has 3 atom stereocenters. The predicted octanol–water partition coefficient (Wildman–Crippen LogP) is -2.91. The SMILES string of the molecule is CC(C)C(C(=O)[O-])N(CC(O)CO)CC(O)CO.C[N+](C)(C)C. The lowest BCUT2D eigenvalue weighted by molar-refractivity contribution is -0.849. The van der Waals surface area contributed by atoms with Gasteiger partial charge >= 0.3 is 0 Å². The molecule has 23 heavy (non-hydrogen) atoms. The predicted molar refractivity (Wildman–Crippen MR) is 85.3 cm³/mol. The molecule has 0 saturated heterocycles. The van der Waals surface area contributed by atoms with E-state index in [1.54, 1.807) is 13.8 Å². The Labute approximate surface area is 139 Å². The summed E-state index contributed by atoms with van der Waals surface area (Å²) < 4.78 is 1.00. The van der Waals surface area contributed by atoms with Gasteiger partial charge < -0.3 is 34.8 Å². The number of carbonyl (C=O) groups excluding carboxylic acids is 1. The Morgan fingerprint density at radius 3 is 1.48 bits per heavy atom. The summed E-state index contributed by atoms with van der Waals surface area (Å²) in [4.78, 5) is 12.4. The van der Waals surface area contributed by atoms with Gasteiger partial charge in [0, 0.05) is 13.1 Å². The minimum Gasteiger partial charge on any atom is -0.548 e. The lowest BCUT2D eigenvalue weighted by Crippen LogP contribution is -2.55. The van der Waals surface area contributed by atoms with Crippen molar-refractivity contribution in [3.8, 4) is 0 Å². The highest BCUT2D eigenvalue weighted by Gasteiger charge is 2.26. The van der Waals surface area contributed by atoms with Crippen LogP contribution in [0.3, 0.4) is 0 Å². The standard InChI is InChI=1S/C11H23NO6.C4H12N/c1-7(2)10(11(17)18)12(3-8(15)5-13)4-9(16)6-14;1-5(2,3)4/h7-10,13-16H,3-6H2,1-2H3,(H,17,18);1-4H3/q;+1/p-1. The van der Waals surface area contributed by atoms with Gasteiger partial charge in [-0.05, 0) is 5.92 Å². The molecule has 0 aromatic carbocycles. The van der Waals surface area contributed by atoms with Crippen LogP contribution in [0.25, 0.3) is 0 Å². The van der Waals surface area contributed by atoms with Gasteiger partial charge in [0.1, 0.15) is 0 Å². The van der Waals surface area contributed by atoms with Crippen molar-refractivity contribution in [2.75, 3.05) is 54.5 Å². The average Bonchev–Trinajstić information content (AvgIpc) is 2.35. The number of aliphatic carboxylic acids is 1. The Morgan fingerprint density at radius 2 is 1.30 bits per heavy atom. The number of carboxylic acid groups (broad SMARTS) is 1. The fourth-order valence-electron chi connectivity index (χ4n) is 1.80. The van der Waals surface area contributed by atoms with Crippen molar-refractivity contribution >= 4 is 5.97 Å². The molecule has 0 aromatic heterocycles. The molecule has 0 amide bonds. The van der Waals surface area contributed by atoms with Crippen molar-refractivity contribution in [3.05, 3.63) is 0 Å². The maximum atomic E-state index is 11.1. The molecule has 0 bridgehead atoms. The van der Waals surface area contributed by atoms with E-state index in [1.807, 2.05) is 0 Å². The van der Waals surface area contributed by atoms with Gasteiger partial charge in [-0.15, -0.1) is 0 Å². The molecular formula is C15H34N2O6. The molecule has 0 aliphatic rings. The first-order valence-electron chi connectivity index (χ1n) is 7.65. The zero-order chi connectivity index (χ0) is 18.8. The lowest BCUT2D eigenvalue weighted by atomic mass is 10.0.